The average Bonchev–Trinajstić information content (AvgIpc) is 2.27. The molecular formula is C13H6Cl3FO. The molecule has 0 fully saturated rings. The minimum absolute atomic E-state index is 0.103. The number of hydrogen-bond donors (Lipinski definition) is 0. The van der Waals surface area contributed by atoms with E-state index in [-0.39, 0.29) is 5.56 Å². The quantitative estimate of drug-likeness (QED) is 0.699. The van der Waals surface area contributed by atoms with E-state index < -0.39 is 11.1 Å². The highest BCUT2D eigenvalue weighted by Crippen LogP contribution is 2.29. The molecule has 0 heterocycles. The van der Waals surface area contributed by atoms with E-state index in [9.17, 15) is 9.18 Å². The molecule has 2 aromatic carbocycles. The lowest BCUT2D eigenvalue weighted by atomic mass is 10.0. The van der Waals surface area contributed by atoms with Crippen LogP contribution in [0.1, 0.15) is 10.4 Å². The third-order valence-electron chi connectivity index (χ3n) is 2.37. The number of hydrogen-bond acceptors (Lipinski definition) is 1. The van der Waals surface area contributed by atoms with Gasteiger partial charge in [0, 0.05) is 21.2 Å². The zero-order valence-corrected chi connectivity index (χ0v) is 11.2. The van der Waals surface area contributed by atoms with Gasteiger partial charge in [-0.1, -0.05) is 29.3 Å². The van der Waals surface area contributed by atoms with Crippen molar-refractivity contribution in [1.82, 2.24) is 0 Å². The largest absolute Gasteiger partial charge is 0.276 e. The maximum atomic E-state index is 13.9. The molecule has 2 aromatic rings. The van der Waals surface area contributed by atoms with Crippen molar-refractivity contribution in [2.45, 2.75) is 0 Å². The zero-order chi connectivity index (χ0) is 13.3. The molecule has 0 aliphatic carbocycles. The van der Waals surface area contributed by atoms with Gasteiger partial charge in [-0.2, -0.15) is 0 Å². The Morgan fingerprint density at radius 2 is 1.61 bits per heavy atom. The van der Waals surface area contributed by atoms with Gasteiger partial charge in [0.25, 0.3) is 5.24 Å². The lowest BCUT2D eigenvalue weighted by molar-refractivity contribution is 0.108. The lowest BCUT2D eigenvalue weighted by Gasteiger charge is -2.06. The summed E-state index contributed by atoms with van der Waals surface area (Å²) in [7, 11) is 0. The van der Waals surface area contributed by atoms with E-state index in [2.05, 4.69) is 0 Å². The molecule has 18 heavy (non-hydrogen) atoms. The van der Waals surface area contributed by atoms with Crippen LogP contribution >= 0.6 is 34.8 Å². The van der Waals surface area contributed by atoms with E-state index in [0.29, 0.717) is 21.2 Å². The summed E-state index contributed by atoms with van der Waals surface area (Å²) in [6.45, 7) is 0. The van der Waals surface area contributed by atoms with Crippen LogP contribution in [0.25, 0.3) is 11.1 Å². The summed E-state index contributed by atoms with van der Waals surface area (Å²) in [5, 5.41) is 0.119. The van der Waals surface area contributed by atoms with Gasteiger partial charge in [-0.3, -0.25) is 4.79 Å². The molecule has 2 rings (SSSR count). The van der Waals surface area contributed by atoms with E-state index >= 15 is 0 Å². The molecule has 0 bridgehead atoms. The first kappa shape index (κ1) is 13.3. The Hall–Kier alpha value is -1.09. The summed E-state index contributed by atoms with van der Waals surface area (Å²) < 4.78 is 13.9. The van der Waals surface area contributed by atoms with Crippen LogP contribution in [0.5, 0.6) is 0 Å². The van der Waals surface area contributed by atoms with Crippen molar-refractivity contribution >= 4 is 40.0 Å². The number of benzene rings is 2. The smallest absolute Gasteiger partial charge is 0.252 e. The summed E-state index contributed by atoms with van der Waals surface area (Å²) >= 11 is 17.0. The van der Waals surface area contributed by atoms with Crippen LogP contribution in [0.15, 0.2) is 36.4 Å². The minimum Gasteiger partial charge on any atom is -0.276 e. The van der Waals surface area contributed by atoms with Crippen LogP contribution in [-0.4, -0.2) is 5.24 Å². The van der Waals surface area contributed by atoms with Crippen LogP contribution in [0.4, 0.5) is 4.39 Å². The topological polar surface area (TPSA) is 17.1 Å². The second-order valence-electron chi connectivity index (χ2n) is 3.63. The molecule has 0 amide bonds. The van der Waals surface area contributed by atoms with Gasteiger partial charge in [0.1, 0.15) is 5.82 Å². The Morgan fingerprint density at radius 1 is 1.00 bits per heavy atom. The van der Waals surface area contributed by atoms with Gasteiger partial charge >= 0.3 is 0 Å². The van der Waals surface area contributed by atoms with Crippen LogP contribution < -0.4 is 0 Å². The number of carbonyl (C=O) groups is 1. The highest BCUT2D eigenvalue weighted by molar-refractivity contribution is 6.67. The van der Waals surface area contributed by atoms with Gasteiger partial charge in [0.05, 0.1) is 0 Å². The molecule has 0 N–H and O–H groups in total. The van der Waals surface area contributed by atoms with Crippen molar-refractivity contribution in [3.8, 4) is 11.1 Å². The summed E-state index contributed by atoms with van der Waals surface area (Å²) in [6, 6.07) is 8.73. The first-order chi connectivity index (χ1) is 8.47. The fourth-order valence-electron chi connectivity index (χ4n) is 1.58. The minimum atomic E-state index is -0.704. The summed E-state index contributed by atoms with van der Waals surface area (Å²) in [4.78, 5) is 10.9. The Bertz CT molecular complexity index is 605. The third kappa shape index (κ3) is 2.83. The third-order valence-corrected chi connectivity index (χ3v) is 3.02. The number of rotatable bonds is 2. The standard InChI is InChI=1S/C13H6Cl3FO/c14-9-3-8(4-10(15)6-9)11-2-1-7(13(16)18)5-12(11)17/h1-6H. The normalized spacial score (nSPS) is 10.4. The molecule has 0 aromatic heterocycles. The van der Waals surface area contributed by atoms with Gasteiger partial charge in [-0.25, -0.2) is 4.39 Å². The van der Waals surface area contributed by atoms with Crippen molar-refractivity contribution in [3.63, 3.8) is 0 Å². The maximum absolute atomic E-state index is 13.9. The molecule has 0 saturated heterocycles. The molecule has 0 spiro atoms. The summed E-state index contributed by atoms with van der Waals surface area (Å²) in [6.07, 6.45) is 0. The van der Waals surface area contributed by atoms with Crippen molar-refractivity contribution in [3.05, 3.63) is 57.8 Å². The van der Waals surface area contributed by atoms with Gasteiger partial charge < -0.3 is 0 Å². The first-order valence-corrected chi connectivity index (χ1v) is 6.06. The van der Waals surface area contributed by atoms with Gasteiger partial charge in [0.15, 0.2) is 0 Å². The van der Waals surface area contributed by atoms with Crippen molar-refractivity contribution in [2.75, 3.05) is 0 Å². The highest BCUT2D eigenvalue weighted by atomic mass is 35.5. The van der Waals surface area contributed by atoms with Crippen LogP contribution in [0, 0.1) is 5.82 Å². The molecule has 0 radical (unpaired) electrons. The van der Waals surface area contributed by atoms with Gasteiger partial charge in [-0.15, -0.1) is 0 Å². The molecule has 0 aliphatic heterocycles. The Kier molecular flexibility index (Phi) is 3.91. The second-order valence-corrected chi connectivity index (χ2v) is 4.84. The predicted octanol–water partition coefficient (Wildman–Crippen LogP) is 5.18. The first-order valence-electron chi connectivity index (χ1n) is 4.93. The molecule has 1 nitrogen and oxygen atoms in total. The molecule has 92 valence electrons. The molecular weight excluding hydrogens is 297 g/mol. The zero-order valence-electron chi connectivity index (χ0n) is 8.88. The van der Waals surface area contributed by atoms with E-state index in [1.165, 1.54) is 12.1 Å². The molecule has 0 unspecified atom stereocenters. The SMILES string of the molecule is O=C(Cl)c1ccc(-c2cc(Cl)cc(Cl)c2)c(F)c1. The number of carbonyl (C=O) groups excluding carboxylic acids is 1. The van der Waals surface area contributed by atoms with Crippen molar-refractivity contribution in [1.29, 1.82) is 0 Å². The van der Waals surface area contributed by atoms with Crippen molar-refractivity contribution in [2.24, 2.45) is 0 Å². The summed E-state index contributed by atoms with van der Waals surface area (Å²) in [5.74, 6) is -0.556. The van der Waals surface area contributed by atoms with Crippen molar-refractivity contribution < 1.29 is 9.18 Å². The fourth-order valence-corrected chi connectivity index (χ4v) is 2.22. The summed E-state index contributed by atoms with van der Waals surface area (Å²) in [5.41, 5.74) is 0.950. The maximum Gasteiger partial charge on any atom is 0.252 e. The van der Waals surface area contributed by atoms with Crippen LogP contribution in [-0.2, 0) is 0 Å². The van der Waals surface area contributed by atoms with Crippen LogP contribution in [0.2, 0.25) is 10.0 Å². The molecule has 0 atom stereocenters. The Morgan fingerprint density at radius 3 is 2.11 bits per heavy atom. The van der Waals surface area contributed by atoms with Crippen LogP contribution in [0.3, 0.4) is 0 Å². The fraction of sp³-hybridized carbons (Fsp3) is 0. The highest BCUT2D eigenvalue weighted by Gasteiger charge is 2.10. The predicted molar refractivity (Wildman–Crippen MR) is 72.0 cm³/mol. The molecule has 0 saturated carbocycles. The van der Waals surface area contributed by atoms with Gasteiger partial charge in [0.2, 0.25) is 0 Å². The second kappa shape index (κ2) is 5.27. The monoisotopic (exact) mass is 302 g/mol. The van der Waals surface area contributed by atoms with E-state index in [1.54, 1.807) is 18.2 Å². The van der Waals surface area contributed by atoms with Gasteiger partial charge in [-0.05, 0) is 47.5 Å². The van der Waals surface area contributed by atoms with E-state index in [0.717, 1.165) is 6.07 Å². The average molecular weight is 304 g/mol. The van der Waals surface area contributed by atoms with E-state index in [1.807, 2.05) is 0 Å². The molecule has 5 heteroatoms. The number of halogens is 4. The Labute approximate surface area is 118 Å². The molecule has 0 aliphatic rings. The van der Waals surface area contributed by atoms with E-state index in [4.69, 9.17) is 34.8 Å². The Balaban J connectivity index is 2.54. The lowest BCUT2D eigenvalue weighted by Crippen LogP contribution is -1.92.